The van der Waals surface area contributed by atoms with Gasteiger partial charge in [-0.25, -0.2) is 8.78 Å². The van der Waals surface area contributed by atoms with Gasteiger partial charge in [-0.1, -0.05) is 42.5 Å². The van der Waals surface area contributed by atoms with Crippen LogP contribution >= 0.6 is 0 Å². The minimum Gasteiger partial charge on any atom is -0.364 e. The van der Waals surface area contributed by atoms with Crippen molar-refractivity contribution in [3.63, 3.8) is 0 Å². The molecule has 0 saturated heterocycles. The van der Waals surface area contributed by atoms with E-state index in [1.807, 2.05) is 18.2 Å². The number of nitrogens with zero attached hydrogens (tertiary/aromatic N) is 1. The molecule has 0 aromatic heterocycles. The number of hydrogen-bond acceptors (Lipinski definition) is 1. The lowest BCUT2D eigenvalue weighted by atomic mass is 9.88. The van der Waals surface area contributed by atoms with Crippen molar-refractivity contribution in [3.05, 3.63) is 89.6 Å². The third kappa shape index (κ3) is 2.56. The molecule has 2 aliphatic rings. The maximum Gasteiger partial charge on any atom is 0.130 e. The van der Waals surface area contributed by atoms with E-state index in [2.05, 4.69) is 35.4 Å². The first-order chi connectivity index (χ1) is 11.2. The van der Waals surface area contributed by atoms with Crippen molar-refractivity contribution in [2.24, 2.45) is 0 Å². The van der Waals surface area contributed by atoms with Crippen LogP contribution in [0.5, 0.6) is 0 Å². The fourth-order valence-electron chi connectivity index (χ4n) is 3.55. The van der Waals surface area contributed by atoms with Gasteiger partial charge < -0.3 is 4.90 Å². The Hall–Kier alpha value is -2.42. The van der Waals surface area contributed by atoms with Crippen molar-refractivity contribution in [1.82, 2.24) is 4.90 Å². The summed E-state index contributed by atoms with van der Waals surface area (Å²) in [6, 6.07) is 14.2. The van der Waals surface area contributed by atoms with Crippen molar-refractivity contribution < 1.29 is 8.78 Å². The highest BCUT2D eigenvalue weighted by atomic mass is 19.1. The highest BCUT2D eigenvalue weighted by Gasteiger charge is 2.32. The van der Waals surface area contributed by atoms with E-state index in [-0.39, 0.29) is 11.9 Å². The zero-order valence-corrected chi connectivity index (χ0v) is 12.6. The molecule has 2 aromatic carbocycles. The van der Waals surface area contributed by atoms with E-state index in [0.29, 0.717) is 11.6 Å². The van der Waals surface area contributed by atoms with Gasteiger partial charge in [0.2, 0.25) is 0 Å². The SMILES string of the molecule is Fc1ccc(F)c(C2=C[C@@H](c3ccccc3)N3C=CC[C@@H]3C2)c1. The zero-order chi connectivity index (χ0) is 15.8. The van der Waals surface area contributed by atoms with Gasteiger partial charge in [-0.3, -0.25) is 0 Å². The molecule has 0 fully saturated rings. The Kier molecular flexibility index (Phi) is 3.49. The van der Waals surface area contributed by atoms with E-state index in [1.165, 1.54) is 18.2 Å². The lowest BCUT2D eigenvalue weighted by molar-refractivity contribution is 0.249. The average Bonchev–Trinajstić information content (AvgIpc) is 3.05. The monoisotopic (exact) mass is 309 g/mol. The Morgan fingerprint density at radius 2 is 1.83 bits per heavy atom. The molecule has 0 unspecified atom stereocenters. The number of halogens is 2. The van der Waals surface area contributed by atoms with Crippen LogP contribution in [0.15, 0.2) is 66.9 Å². The van der Waals surface area contributed by atoms with Crippen molar-refractivity contribution >= 4 is 5.57 Å². The molecule has 116 valence electrons. The van der Waals surface area contributed by atoms with Gasteiger partial charge in [-0.15, -0.1) is 0 Å². The molecule has 0 saturated carbocycles. The van der Waals surface area contributed by atoms with Gasteiger partial charge in [0.1, 0.15) is 11.6 Å². The van der Waals surface area contributed by atoms with Crippen LogP contribution in [0, 0.1) is 11.6 Å². The molecule has 0 radical (unpaired) electrons. The van der Waals surface area contributed by atoms with E-state index in [0.717, 1.165) is 24.0 Å². The summed E-state index contributed by atoms with van der Waals surface area (Å²) in [4.78, 5) is 2.32. The van der Waals surface area contributed by atoms with Crippen LogP contribution in [-0.2, 0) is 0 Å². The topological polar surface area (TPSA) is 3.24 Å². The summed E-state index contributed by atoms with van der Waals surface area (Å²) in [5.41, 5.74) is 2.44. The second kappa shape index (κ2) is 5.65. The van der Waals surface area contributed by atoms with Crippen molar-refractivity contribution in [2.75, 3.05) is 0 Å². The number of rotatable bonds is 2. The highest BCUT2D eigenvalue weighted by Crippen LogP contribution is 2.41. The quantitative estimate of drug-likeness (QED) is 0.747. The summed E-state index contributed by atoms with van der Waals surface area (Å²) in [6.45, 7) is 0. The highest BCUT2D eigenvalue weighted by molar-refractivity contribution is 5.69. The summed E-state index contributed by atoms with van der Waals surface area (Å²) >= 11 is 0. The minimum atomic E-state index is -0.398. The Balaban J connectivity index is 1.80. The summed E-state index contributed by atoms with van der Waals surface area (Å²) < 4.78 is 27.8. The predicted molar refractivity (Wildman–Crippen MR) is 87.5 cm³/mol. The lowest BCUT2D eigenvalue weighted by Crippen LogP contribution is -2.33. The molecule has 2 heterocycles. The number of hydrogen-bond donors (Lipinski definition) is 0. The molecular weight excluding hydrogens is 292 g/mol. The van der Waals surface area contributed by atoms with E-state index in [1.54, 1.807) is 0 Å². The Morgan fingerprint density at radius 3 is 2.65 bits per heavy atom. The predicted octanol–water partition coefficient (Wildman–Crippen LogP) is 5.08. The smallest absolute Gasteiger partial charge is 0.130 e. The molecule has 2 aromatic rings. The molecule has 0 spiro atoms. The van der Waals surface area contributed by atoms with E-state index in [4.69, 9.17) is 0 Å². The Labute approximate surface area is 134 Å². The standard InChI is InChI=1S/C20H17F2N/c21-16-8-9-19(22)18(13-16)15-11-17-7-4-10-23(17)20(12-15)14-5-2-1-3-6-14/h1-6,8-10,12-13,17,20H,7,11H2/t17-,20+/m1/s1. The summed E-state index contributed by atoms with van der Waals surface area (Å²) in [5, 5.41) is 0. The zero-order valence-electron chi connectivity index (χ0n) is 12.6. The maximum atomic E-state index is 14.2. The van der Waals surface area contributed by atoms with E-state index >= 15 is 0 Å². The molecule has 0 bridgehead atoms. The molecule has 1 nitrogen and oxygen atoms in total. The first-order valence-electron chi connectivity index (χ1n) is 7.87. The first kappa shape index (κ1) is 14.2. The largest absolute Gasteiger partial charge is 0.364 e. The van der Waals surface area contributed by atoms with Gasteiger partial charge in [-0.05, 0) is 48.4 Å². The maximum absolute atomic E-state index is 14.2. The van der Waals surface area contributed by atoms with Crippen LogP contribution in [0.4, 0.5) is 8.78 Å². The van der Waals surface area contributed by atoms with Crippen LogP contribution in [0.2, 0.25) is 0 Å². The molecule has 23 heavy (non-hydrogen) atoms. The number of fused-ring (bicyclic) bond motifs is 1. The summed E-state index contributed by atoms with van der Waals surface area (Å²) in [7, 11) is 0. The fraction of sp³-hybridized carbons (Fsp3) is 0.200. The van der Waals surface area contributed by atoms with Crippen LogP contribution < -0.4 is 0 Å². The van der Waals surface area contributed by atoms with Gasteiger partial charge in [0.15, 0.2) is 0 Å². The van der Waals surface area contributed by atoms with E-state index < -0.39 is 5.82 Å². The average molecular weight is 309 g/mol. The third-order valence-corrected chi connectivity index (χ3v) is 4.66. The van der Waals surface area contributed by atoms with Crippen molar-refractivity contribution in [2.45, 2.75) is 24.9 Å². The molecule has 0 aliphatic carbocycles. The summed E-state index contributed by atoms with van der Waals surface area (Å²) in [6.07, 6.45) is 8.02. The summed E-state index contributed by atoms with van der Waals surface area (Å²) in [5.74, 6) is -0.755. The van der Waals surface area contributed by atoms with Crippen LogP contribution in [-0.4, -0.2) is 10.9 Å². The van der Waals surface area contributed by atoms with E-state index in [9.17, 15) is 8.78 Å². The molecular formula is C20H17F2N. The second-order valence-corrected chi connectivity index (χ2v) is 6.10. The molecule has 3 heteroatoms. The molecule has 0 N–H and O–H groups in total. The Bertz CT molecular complexity index is 779. The first-order valence-corrected chi connectivity index (χ1v) is 7.87. The van der Waals surface area contributed by atoms with Crippen LogP contribution in [0.25, 0.3) is 5.57 Å². The molecule has 2 atom stereocenters. The number of benzene rings is 2. The van der Waals surface area contributed by atoms with Gasteiger partial charge in [-0.2, -0.15) is 0 Å². The minimum absolute atomic E-state index is 0.0615. The van der Waals surface area contributed by atoms with Gasteiger partial charge >= 0.3 is 0 Å². The Morgan fingerprint density at radius 1 is 1.00 bits per heavy atom. The van der Waals surface area contributed by atoms with Crippen molar-refractivity contribution in [3.8, 4) is 0 Å². The van der Waals surface area contributed by atoms with Crippen molar-refractivity contribution in [1.29, 1.82) is 0 Å². The normalized spacial score (nSPS) is 22.9. The van der Waals surface area contributed by atoms with Crippen LogP contribution in [0.3, 0.4) is 0 Å². The van der Waals surface area contributed by atoms with Gasteiger partial charge in [0.25, 0.3) is 0 Å². The molecule has 4 rings (SSSR count). The van der Waals surface area contributed by atoms with Crippen LogP contribution in [0.1, 0.15) is 30.0 Å². The second-order valence-electron chi connectivity index (χ2n) is 6.10. The lowest BCUT2D eigenvalue weighted by Gasteiger charge is -2.38. The molecule has 2 aliphatic heterocycles. The third-order valence-electron chi connectivity index (χ3n) is 4.66. The van der Waals surface area contributed by atoms with Gasteiger partial charge in [0, 0.05) is 11.6 Å². The fourth-order valence-corrected chi connectivity index (χ4v) is 3.55. The van der Waals surface area contributed by atoms with Gasteiger partial charge in [0.05, 0.1) is 6.04 Å². The molecule has 0 amide bonds.